The largest absolute Gasteiger partial charge is 0.353 e. The molecule has 1 N–H and O–H groups in total. The van der Waals surface area contributed by atoms with Gasteiger partial charge in [0.05, 0.1) is 0 Å². The molecule has 0 aromatic carbocycles. The molecule has 74 valence electrons. The normalized spacial score (nSPS) is 30.1. The number of carbonyl (C=O) groups excluding carboxylic acids is 1. The number of nitrogens with one attached hydrogen (secondary N) is 1. The van der Waals surface area contributed by atoms with Crippen LogP contribution in [0.15, 0.2) is 0 Å². The average molecular weight is 181 g/mol. The van der Waals surface area contributed by atoms with E-state index in [1.807, 2.05) is 6.92 Å². The lowest BCUT2D eigenvalue weighted by Gasteiger charge is -2.22. The van der Waals surface area contributed by atoms with Crippen molar-refractivity contribution in [1.29, 1.82) is 0 Å². The van der Waals surface area contributed by atoms with Crippen molar-refractivity contribution in [1.82, 2.24) is 5.32 Å². The van der Waals surface area contributed by atoms with E-state index < -0.39 is 0 Å². The third-order valence-electron chi connectivity index (χ3n) is 3.70. The average Bonchev–Trinajstić information content (AvgIpc) is 2.79. The summed E-state index contributed by atoms with van der Waals surface area (Å²) in [5, 5.41) is 3.13. The molecule has 2 nitrogen and oxygen atoms in total. The van der Waals surface area contributed by atoms with E-state index in [-0.39, 0.29) is 5.91 Å². The molecule has 0 radical (unpaired) electrons. The van der Waals surface area contributed by atoms with Crippen molar-refractivity contribution in [2.24, 2.45) is 5.41 Å². The van der Waals surface area contributed by atoms with Gasteiger partial charge in [-0.1, -0.05) is 26.2 Å². The van der Waals surface area contributed by atoms with Gasteiger partial charge in [-0.15, -0.1) is 0 Å². The van der Waals surface area contributed by atoms with Crippen LogP contribution >= 0.6 is 0 Å². The molecule has 0 aromatic rings. The van der Waals surface area contributed by atoms with Crippen molar-refractivity contribution in [3.05, 3.63) is 0 Å². The molecule has 2 aliphatic carbocycles. The van der Waals surface area contributed by atoms with Crippen molar-refractivity contribution < 1.29 is 4.79 Å². The highest BCUT2D eigenvalue weighted by Crippen LogP contribution is 2.56. The number of hydrogen-bond donors (Lipinski definition) is 1. The van der Waals surface area contributed by atoms with Gasteiger partial charge in [0.15, 0.2) is 0 Å². The highest BCUT2D eigenvalue weighted by atomic mass is 16.1. The molecule has 0 saturated heterocycles. The fourth-order valence-corrected chi connectivity index (χ4v) is 2.66. The standard InChI is InChI=1S/C11H19NO/c1-2-10(13)12-9-8-11(9)6-4-3-5-7-11/h9H,2-8H2,1H3,(H,12,13). The molecule has 0 heterocycles. The van der Waals surface area contributed by atoms with E-state index in [0.29, 0.717) is 17.9 Å². The van der Waals surface area contributed by atoms with Crippen molar-refractivity contribution >= 4 is 5.91 Å². The van der Waals surface area contributed by atoms with E-state index >= 15 is 0 Å². The van der Waals surface area contributed by atoms with Crippen LogP contribution in [0.1, 0.15) is 51.9 Å². The first-order valence-corrected chi connectivity index (χ1v) is 5.56. The van der Waals surface area contributed by atoms with Crippen LogP contribution in [0, 0.1) is 5.41 Å². The second-order valence-electron chi connectivity index (χ2n) is 4.60. The van der Waals surface area contributed by atoms with Crippen molar-refractivity contribution in [2.75, 3.05) is 0 Å². The van der Waals surface area contributed by atoms with Crippen LogP contribution in [-0.2, 0) is 4.79 Å². The first-order chi connectivity index (χ1) is 6.27. The molecule has 2 fully saturated rings. The molecule has 0 aliphatic heterocycles. The number of rotatable bonds is 2. The summed E-state index contributed by atoms with van der Waals surface area (Å²) in [5.74, 6) is 0.229. The molecule has 0 aromatic heterocycles. The summed E-state index contributed by atoms with van der Waals surface area (Å²) < 4.78 is 0. The fraction of sp³-hybridized carbons (Fsp3) is 0.909. The van der Waals surface area contributed by atoms with E-state index in [1.165, 1.54) is 38.5 Å². The van der Waals surface area contributed by atoms with Gasteiger partial charge in [0.2, 0.25) is 5.91 Å². The predicted molar refractivity (Wildman–Crippen MR) is 52.4 cm³/mol. The maximum Gasteiger partial charge on any atom is 0.219 e. The Hall–Kier alpha value is -0.530. The van der Waals surface area contributed by atoms with Gasteiger partial charge in [-0.05, 0) is 24.7 Å². The van der Waals surface area contributed by atoms with Crippen molar-refractivity contribution in [3.63, 3.8) is 0 Å². The smallest absolute Gasteiger partial charge is 0.219 e. The Morgan fingerprint density at radius 3 is 2.69 bits per heavy atom. The van der Waals surface area contributed by atoms with Gasteiger partial charge < -0.3 is 5.32 Å². The second kappa shape index (κ2) is 3.32. The zero-order valence-corrected chi connectivity index (χ0v) is 8.44. The van der Waals surface area contributed by atoms with Crippen LogP contribution in [0.3, 0.4) is 0 Å². The van der Waals surface area contributed by atoms with Gasteiger partial charge in [0.1, 0.15) is 0 Å². The van der Waals surface area contributed by atoms with Crippen LogP contribution in [-0.4, -0.2) is 11.9 Å². The third-order valence-corrected chi connectivity index (χ3v) is 3.70. The van der Waals surface area contributed by atoms with Gasteiger partial charge in [0.25, 0.3) is 0 Å². The molecule has 2 rings (SSSR count). The molecule has 0 bridgehead atoms. The maximum absolute atomic E-state index is 11.2. The molecule has 1 amide bonds. The Bertz CT molecular complexity index is 206. The Morgan fingerprint density at radius 1 is 1.38 bits per heavy atom. The molecule has 2 heteroatoms. The highest BCUT2D eigenvalue weighted by molar-refractivity contribution is 5.76. The second-order valence-corrected chi connectivity index (χ2v) is 4.60. The van der Waals surface area contributed by atoms with Crippen LogP contribution in [0.2, 0.25) is 0 Å². The van der Waals surface area contributed by atoms with Crippen LogP contribution in [0.25, 0.3) is 0 Å². The minimum atomic E-state index is 0.229. The first kappa shape index (κ1) is 9.04. The van der Waals surface area contributed by atoms with E-state index in [9.17, 15) is 4.79 Å². The minimum Gasteiger partial charge on any atom is -0.353 e. The fourth-order valence-electron chi connectivity index (χ4n) is 2.66. The van der Waals surface area contributed by atoms with Crippen molar-refractivity contribution in [2.45, 2.75) is 57.9 Å². The lowest BCUT2D eigenvalue weighted by Crippen LogP contribution is -2.29. The summed E-state index contributed by atoms with van der Waals surface area (Å²) in [6.07, 6.45) is 8.72. The van der Waals surface area contributed by atoms with Crippen LogP contribution in [0.5, 0.6) is 0 Å². The lowest BCUT2D eigenvalue weighted by atomic mass is 9.86. The summed E-state index contributed by atoms with van der Waals surface area (Å²) >= 11 is 0. The Labute approximate surface area is 80.1 Å². The van der Waals surface area contributed by atoms with Crippen LogP contribution < -0.4 is 5.32 Å². The molecule has 2 saturated carbocycles. The molecular weight excluding hydrogens is 162 g/mol. The Balaban J connectivity index is 1.82. The zero-order chi connectivity index (χ0) is 9.31. The lowest BCUT2D eigenvalue weighted by molar-refractivity contribution is -0.121. The summed E-state index contributed by atoms with van der Waals surface area (Å²) in [4.78, 5) is 11.2. The SMILES string of the molecule is CCC(=O)NC1CC12CCCCC2. The molecule has 13 heavy (non-hydrogen) atoms. The first-order valence-electron chi connectivity index (χ1n) is 5.56. The van der Waals surface area contributed by atoms with E-state index in [1.54, 1.807) is 0 Å². The molecular formula is C11H19NO. The van der Waals surface area contributed by atoms with Gasteiger partial charge in [-0.3, -0.25) is 4.79 Å². The number of hydrogen-bond acceptors (Lipinski definition) is 1. The van der Waals surface area contributed by atoms with E-state index in [2.05, 4.69) is 5.32 Å². The number of carbonyl (C=O) groups is 1. The summed E-state index contributed by atoms with van der Waals surface area (Å²) in [7, 11) is 0. The summed E-state index contributed by atoms with van der Waals surface area (Å²) in [6.45, 7) is 1.92. The van der Waals surface area contributed by atoms with Crippen molar-refractivity contribution in [3.8, 4) is 0 Å². The van der Waals surface area contributed by atoms with E-state index in [0.717, 1.165) is 0 Å². The highest BCUT2D eigenvalue weighted by Gasteiger charge is 2.54. The quantitative estimate of drug-likeness (QED) is 0.695. The van der Waals surface area contributed by atoms with Gasteiger partial charge in [0, 0.05) is 12.5 Å². The summed E-state index contributed by atoms with van der Waals surface area (Å²) in [5.41, 5.74) is 0.545. The van der Waals surface area contributed by atoms with Gasteiger partial charge in [-0.25, -0.2) is 0 Å². The third kappa shape index (κ3) is 1.72. The number of amides is 1. The molecule has 2 aliphatic rings. The monoisotopic (exact) mass is 181 g/mol. The molecule has 1 atom stereocenters. The zero-order valence-electron chi connectivity index (χ0n) is 8.44. The molecule has 1 spiro atoms. The van der Waals surface area contributed by atoms with Gasteiger partial charge >= 0.3 is 0 Å². The minimum absolute atomic E-state index is 0.229. The Morgan fingerprint density at radius 2 is 2.08 bits per heavy atom. The van der Waals surface area contributed by atoms with Crippen LogP contribution in [0.4, 0.5) is 0 Å². The Kier molecular flexibility index (Phi) is 2.31. The predicted octanol–water partition coefficient (Wildman–Crippen LogP) is 2.24. The van der Waals surface area contributed by atoms with Gasteiger partial charge in [-0.2, -0.15) is 0 Å². The van der Waals surface area contributed by atoms with E-state index in [4.69, 9.17) is 0 Å². The topological polar surface area (TPSA) is 29.1 Å². The molecule has 1 unspecified atom stereocenters. The maximum atomic E-state index is 11.2. The summed E-state index contributed by atoms with van der Waals surface area (Å²) in [6, 6.07) is 0.528.